The summed E-state index contributed by atoms with van der Waals surface area (Å²) in [6.07, 6.45) is 3.19. The molecule has 0 bridgehead atoms. The normalized spacial score (nSPS) is 11.9. The molecule has 0 aliphatic carbocycles. The highest BCUT2D eigenvalue weighted by molar-refractivity contribution is 5.97. The Morgan fingerprint density at radius 1 is 0.833 bits per heavy atom. The third-order valence-corrected chi connectivity index (χ3v) is 5.15. The quantitative estimate of drug-likeness (QED) is 0.536. The van der Waals surface area contributed by atoms with Gasteiger partial charge in [-0.2, -0.15) is 0 Å². The van der Waals surface area contributed by atoms with Gasteiger partial charge >= 0.3 is 0 Å². The number of nitrogens with zero attached hydrogens (tertiary/aromatic N) is 1. The summed E-state index contributed by atoms with van der Waals surface area (Å²) in [5.74, 6) is 0. The second-order valence-electron chi connectivity index (χ2n) is 7.68. The van der Waals surface area contributed by atoms with Crippen LogP contribution < -0.4 is 0 Å². The van der Waals surface area contributed by atoms with Gasteiger partial charge in [-0.1, -0.05) is 55.7 Å². The Morgan fingerprint density at radius 2 is 1.50 bits per heavy atom. The molecule has 3 aromatic rings. The van der Waals surface area contributed by atoms with E-state index in [1.807, 2.05) is 0 Å². The zero-order valence-electron chi connectivity index (χ0n) is 15.7. The van der Waals surface area contributed by atoms with Crippen LogP contribution in [0.5, 0.6) is 0 Å². The van der Waals surface area contributed by atoms with E-state index in [-0.39, 0.29) is 5.41 Å². The Balaban J connectivity index is 2.35. The van der Waals surface area contributed by atoms with E-state index in [2.05, 4.69) is 84.1 Å². The van der Waals surface area contributed by atoms with Crippen LogP contribution >= 0.6 is 0 Å². The number of aromatic nitrogens is 1. The molecule has 0 atom stereocenters. The average Bonchev–Trinajstić information content (AvgIpc) is 2.52. The molecule has 1 aromatic heterocycles. The van der Waals surface area contributed by atoms with Gasteiger partial charge in [0.05, 0.1) is 5.69 Å². The van der Waals surface area contributed by atoms with Crippen molar-refractivity contribution in [2.24, 2.45) is 0 Å². The van der Waals surface area contributed by atoms with Crippen molar-refractivity contribution in [3.63, 3.8) is 0 Å². The largest absolute Gasteiger partial charge is 0.255 e. The van der Waals surface area contributed by atoms with Gasteiger partial charge in [0.25, 0.3) is 0 Å². The lowest BCUT2D eigenvalue weighted by molar-refractivity contribution is 0.509. The third kappa shape index (κ3) is 2.96. The van der Waals surface area contributed by atoms with Crippen molar-refractivity contribution < 1.29 is 0 Å². The zero-order chi connectivity index (χ0) is 17.5. The number of aryl methyl sites for hydroxylation is 3. The van der Waals surface area contributed by atoms with E-state index in [0.29, 0.717) is 0 Å². The number of rotatable bonds is 3. The Kier molecular flexibility index (Phi) is 4.21. The first-order valence-electron chi connectivity index (χ1n) is 8.80. The number of hydrogen-bond donors (Lipinski definition) is 0. The van der Waals surface area contributed by atoms with E-state index < -0.39 is 0 Å². The number of pyridine rings is 1. The van der Waals surface area contributed by atoms with Gasteiger partial charge in [0.1, 0.15) is 0 Å². The summed E-state index contributed by atoms with van der Waals surface area (Å²) < 4.78 is 0. The van der Waals surface area contributed by atoms with E-state index in [9.17, 15) is 0 Å². The molecular weight excluding hydrogens is 290 g/mol. The SMILES string of the molecule is CCC(C)(C)c1cnc(-c2cc(C)cc(C)c2)c2cc(C)ccc12. The van der Waals surface area contributed by atoms with Crippen LogP contribution in [-0.2, 0) is 5.41 Å². The summed E-state index contributed by atoms with van der Waals surface area (Å²) >= 11 is 0. The highest BCUT2D eigenvalue weighted by atomic mass is 14.7. The van der Waals surface area contributed by atoms with Gasteiger partial charge in [-0.25, -0.2) is 0 Å². The van der Waals surface area contributed by atoms with Crippen molar-refractivity contribution >= 4 is 10.8 Å². The monoisotopic (exact) mass is 317 g/mol. The summed E-state index contributed by atoms with van der Waals surface area (Å²) in [5.41, 5.74) is 7.62. The van der Waals surface area contributed by atoms with E-state index in [1.165, 1.54) is 38.6 Å². The van der Waals surface area contributed by atoms with Crippen LogP contribution in [0.3, 0.4) is 0 Å². The Hall–Kier alpha value is -2.15. The molecule has 1 heteroatoms. The Morgan fingerprint density at radius 3 is 2.12 bits per heavy atom. The summed E-state index contributed by atoms with van der Waals surface area (Å²) in [6, 6.07) is 13.5. The summed E-state index contributed by atoms with van der Waals surface area (Å²) in [7, 11) is 0. The van der Waals surface area contributed by atoms with Crippen LogP contribution in [0.1, 0.15) is 49.4 Å². The van der Waals surface area contributed by atoms with Crippen LogP contribution in [0.25, 0.3) is 22.0 Å². The lowest BCUT2D eigenvalue weighted by atomic mass is 9.80. The summed E-state index contributed by atoms with van der Waals surface area (Å²) in [5, 5.41) is 2.59. The Labute approximate surface area is 145 Å². The lowest BCUT2D eigenvalue weighted by Crippen LogP contribution is -2.16. The molecule has 0 unspecified atom stereocenters. The van der Waals surface area contributed by atoms with Gasteiger partial charge < -0.3 is 0 Å². The fourth-order valence-electron chi connectivity index (χ4n) is 3.43. The van der Waals surface area contributed by atoms with Gasteiger partial charge in [0.15, 0.2) is 0 Å². The highest BCUT2D eigenvalue weighted by Gasteiger charge is 2.22. The molecule has 0 aliphatic rings. The van der Waals surface area contributed by atoms with Crippen LogP contribution in [0, 0.1) is 20.8 Å². The molecule has 0 N–H and O–H groups in total. The molecule has 2 aromatic carbocycles. The average molecular weight is 317 g/mol. The van der Waals surface area contributed by atoms with Crippen LogP contribution in [-0.4, -0.2) is 4.98 Å². The maximum Gasteiger partial charge on any atom is 0.0780 e. The predicted molar refractivity (Wildman–Crippen MR) is 105 cm³/mol. The molecule has 124 valence electrons. The van der Waals surface area contributed by atoms with Gasteiger partial charge in [0.2, 0.25) is 0 Å². The molecular formula is C23H27N. The molecule has 0 radical (unpaired) electrons. The first-order chi connectivity index (χ1) is 11.3. The molecule has 0 saturated carbocycles. The number of fused-ring (bicyclic) bond motifs is 1. The minimum absolute atomic E-state index is 0.127. The zero-order valence-corrected chi connectivity index (χ0v) is 15.7. The smallest absolute Gasteiger partial charge is 0.0780 e. The lowest BCUT2D eigenvalue weighted by Gasteiger charge is -2.25. The standard InChI is InChI=1S/C23H27N/c1-7-23(5,6)21-14-24-22(18-11-16(3)10-17(4)12-18)20-13-15(2)8-9-19(20)21/h8-14H,7H2,1-6H3. The molecule has 1 nitrogen and oxygen atoms in total. The fraction of sp³-hybridized carbons (Fsp3) is 0.348. The molecule has 24 heavy (non-hydrogen) atoms. The molecule has 1 heterocycles. The van der Waals surface area contributed by atoms with Gasteiger partial charge in [-0.05, 0) is 61.8 Å². The van der Waals surface area contributed by atoms with E-state index in [1.54, 1.807) is 0 Å². The second-order valence-corrected chi connectivity index (χ2v) is 7.68. The van der Waals surface area contributed by atoms with Crippen LogP contribution in [0.2, 0.25) is 0 Å². The molecule has 0 saturated heterocycles. The maximum atomic E-state index is 4.91. The van der Waals surface area contributed by atoms with Crippen molar-refractivity contribution in [3.05, 3.63) is 64.8 Å². The minimum atomic E-state index is 0.127. The van der Waals surface area contributed by atoms with Gasteiger partial charge in [-0.15, -0.1) is 0 Å². The minimum Gasteiger partial charge on any atom is -0.255 e. The molecule has 0 fully saturated rings. The highest BCUT2D eigenvalue weighted by Crippen LogP contribution is 2.36. The van der Waals surface area contributed by atoms with Crippen LogP contribution in [0.4, 0.5) is 0 Å². The number of hydrogen-bond acceptors (Lipinski definition) is 1. The van der Waals surface area contributed by atoms with E-state index >= 15 is 0 Å². The van der Waals surface area contributed by atoms with Crippen LogP contribution in [0.15, 0.2) is 42.6 Å². The van der Waals surface area contributed by atoms with Crippen molar-refractivity contribution in [1.29, 1.82) is 0 Å². The maximum absolute atomic E-state index is 4.91. The van der Waals surface area contributed by atoms with E-state index in [0.717, 1.165) is 12.1 Å². The topological polar surface area (TPSA) is 12.9 Å². The molecule has 0 spiro atoms. The Bertz CT molecular complexity index is 883. The third-order valence-electron chi connectivity index (χ3n) is 5.15. The summed E-state index contributed by atoms with van der Waals surface area (Å²) in [4.78, 5) is 4.91. The van der Waals surface area contributed by atoms with Gasteiger partial charge in [0, 0.05) is 17.1 Å². The number of benzene rings is 2. The molecule has 0 aliphatic heterocycles. The fourth-order valence-corrected chi connectivity index (χ4v) is 3.43. The first kappa shape index (κ1) is 16.7. The molecule has 0 amide bonds. The van der Waals surface area contributed by atoms with Crippen molar-refractivity contribution in [2.45, 2.75) is 53.4 Å². The van der Waals surface area contributed by atoms with Gasteiger partial charge in [-0.3, -0.25) is 4.98 Å². The first-order valence-corrected chi connectivity index (χ1v) is 8.80. The molecule has 3 rings (SSSR count). The second kappa shape index (κ2) is 6.05. The predicted octanol–water partition coefficient (Wildman–Crippen LogP) is 6.51. The summed E-state index contributed by atoms with van der Waals surface area (Å²) in [6.45, 7) is 13.3. The van der Waals surface area contributed by atoms with Crippen molar-refractivity contribution in [2.75, 3.05) is 0 Å². The van der Waals surface area contributed by atoms with Crippen molar-refractivity contribution in [3.8, 4) is 11.3 Å². The van der Waals surface area contributed by atoms with E-state index in [4.69, 9.17) is 4.98 Å². The van der Waals surface area contributed by atoms with Crippen molar-refractivity contribution in [1.82, 2.24) is 4.98 Å².